The molecule has 134 valence electrons. The van der Waals surface area contributed by atoms with Gasteiger partial charge in [0.1, 0.15) is 5.82 Å². The summed E-state index contributed by atoms with van der Waals surface area (Å²) in [6.45, 7) is 2.25. The highest BCUT2D eigenvalue weighted by Gasteiger charge is 2.27. The minimum atomic E-state index is -0.398. The molecule has 0 unspecified atom stereocenters. The van der Waals surface area contributed by atoms with E-state index in [1.54, 1.807) is 29.5 Å². The minimum absolute atomic E-state index is 0.136. The molecule has 1 saturated heterocycles. The maximum absolute atomic E-state index is 13.6. The highest BCUT2D eigenvalue weighted by atomic mass is 32.1. The van der Waals surface area contributed by atoms with Crippen molar-refractivity contribution < 1.29 is 14.1 Å². The van der Waals surface area contributed by atoms with Crippen molar-refractivity contribution in [1.82, 2.24) is 4.98 Å². The van der Waals surface area contributed by atoms with Crippen LogP contribution in [0.3, 0.4) is 0 Å². The van der Waals surface area contributed by atoms with Crippen LogP contribution in [0.1, 0.15) is 23.8 Å². The number of benzene rings is 2. The summed E-state index contributed by atoms with van der Waals surface area (Å²) in [4.78, 5) is 18.2. The van der Waals surface area contributed by atoms with Gasteiger partial charge in [-0.1, -0.05) is 24.3 Å². The number of nitrogens with one attached hydrogen (secondary N) is 2. The summed E-state index contributed by atoms with van der Waals surface area (Å²) in [6, 6.07) is 14.5. The van der Waals surface area contributed by atoms with Crippen molar-refractivity contribution in [3.63, 3.8) is 0 Å². The van der Waals surface area contributed by atoms with Crippen molar-refractivity contribution >= 4 is 33.1 Å². The van der Waals surface area contributed by atoms with E-state index in [0.717, 1.165) is 31.4 Å². The number of thiazole rings is 1. The Kier molecular flexibility index (Phi) is 4.95. The molecule has 0 spiro atoms. The zero-order valence-electron chi connectivity index (χ0n) is 14.4. The van der Waals surface area contributed by atoms with E-state index < -0.39 is 5.82 Å². The zero-order chi connectivity index (χ0) is 17.9. The van der Waals surface area contributed by atoms with Crippen molar-refractivity contribution in [2.75, 3.05) is 25.0 Å². The summed E-state index contributed by atoms with van der Waals surface area (Å²) in [7, 11) is 0. The number of aromatic nitrogens is 1. The molecule has 4 nitrogen and oxygen atoms in total. The van der Waals surface area contributed by atoms with Crippen LogP contribution < -0.4 is 10.2 Å². The molecule has 0 bridgehead atoms. The SMILES string of the molecule is O=C(C[NH+]1CCC(c2nc3ccccc3s2)CC1)Nc1ccccc1F. The molecule has 6 heteroatoms. The van der Waals surface area contributed by atoms with Crippen molar-refractivity contribution in [3.8, 4) is 0 Å². The quantitative estimate of drug-likeness (QED) is 0.742. The van der Waals surface area contributed by atoms with E-state index in [-0.39, 0.29) is 11.6 Å². The number of hydrogen-bond acceptors (Lipinski definition) is 3. The Labute approximate surface area is 155 Å². The first-order valence-corrected chi connectivity index (χ1v) is 9.74. The maximum atomic E-state index is 13.6. The number of carbonyl (C=O) groups excluding carboxylic acids is 1. The average molecular weight is 370 g/mol. The highest BCUT2D eigenvalue weighted by molar-refractivity contribution is 7.18. The first kappa shape index (κ1) is 17.1. The molecule has 2 heterocycles. The fourth-order valence-electron chi connectivity index (χ4n) is 3.50. The number of likely N-dealkylation sites (tertiary alicyclic amines) is 1. The van der Waals surface area contributed by atoms with E-state index in [4.69, 9.17) is 4.98 Å². The monoisotopic (exact) mass is 370 g/mol. The predicted molar refractivity (Wildman–Crippen MR) is 102 cm³/mol. The fourth-order valence-corrected chi connectivity index (χ4v) is 4.64. The third-order valence-electron chi connectivity index (χ3n) is 4.91. The number of para-hydroxylation sites is 2. The van der Waals surface area contributed by atoms with Gasteiger partial charge in [0.2, 0.25) is 0 Å². The molecule has 1 aromatic heterocycles. The second kappa shape index (κ2) is 7.51. The van der Waals surface area contributed by atoms with E-state index in [0.29, 0.717) is 12.5 Å². The summed E-state index contributed by atoms with van der Waals surface area (Å²) in [5.74, 6) is -0.0558. The van der Waals surface area contributed by atoms with Crippen LogP contribution in [0, 0.1) is 5.82 Å². The number of carbonyl (C=O) groups is 1. The van der Waals surface area contributed by atoms with E-state index in [1.807, 2.05) is 12.1 Å². The molecule has 0 saturated carbocycles. The van der Waals surface area contributed by atoms with Gasteiger partial charge < -0.3 is 10.2 Å². The first-order valence-electron chi connectivity index (χ1n) is 8.92. The van der Waals surface area contributed by atoms with Gasteiger partial charge in [-0.15, -0.1) is 11.3 Å². The molecule has 1 amide bonds. The normalized spacial score (nSPS) is 20.2. The van der Waals surface area contributed by atoms with Gasteiger partial charge in [-0.05, 0) is 24.3 Å². The molecule has 26 heavy (non-hydrogen) atoms. The van der Waals surface area contributed by atoms with Gasteiger partial charge in [-0.25, -0.2) is 9.37 Å². The van der Waals surface area contributed by atoms with Gasteiger partial charge >= 0.3 is 0 Å². The second-order valence-electron chi connectivity index (χ2n) is 6.75. The fraction of sp³-hybridized carbons (Fsp3) is 0.300. The van der Waals surface area contributed by atoms with Gasteiger partial charge in [-0.3, -0.25) is 4.79 Å². The van der Waals surface area contributed by atoms with Crippen LogP contribution in [0.25, 0.3) is 10.2 Å². The Bertz CT molecular complexity index is 885. The van der Waals surface area contributed by atoms with Crippen LogP contribution in [-0.2, 0) is 4.79 Å². The average Bonchev–Trinajstić information content (AvgIpc) is 3.08. The van der Waals surface area contributed by atoms with Crippen LogP contribution in [-0.4, -0.2) is 30.5 Å². The van der Waals surface area contributed by atoms with Gasteiger partial charge in [0.15, 0.2) is 6.54 Å². The third kappa shape index (κ3) is 3.76. The lowest BCUT2D eigenvalue weighted by Gasteiger charge is -2.27. The molecule has 1 fully saturated rings. The molecule has 0 radical (unpaired) electrons. The topological polar surface area (TPSA) is 46.4 Å². The Morgan fingerprint density at radius 3 is 2.65 bits per heavy atom. The van der Waals surface area contributed by atoms with Crippen molar-refractivity contribution in [1.29, 1.82) is 0 Å². The standard InChI is InChI=1S/C20H20FN3OS/c21-15-5-1-2-6-16(15)22-19(25)13-24-11-9-14(10-12-24)20-23-17-7-3-4-8-18(17)26-20/h1-8,14H,9-13H2,(H,22,25)/p+1. The molecular weight excluding hydrogens is 349 g/mol. The van der Waals surface area contributed by atoms with Crippen LogP contribution in [0.2, 0.25) is 0 Å². The summed E-state index contributed by atoms with van der Waals surface area (Å²) in [6.07, 6.45) is 2.06. The van der Waals surface area contributed by atoms with Crippen LogP contribution in [0.4, 0.5) is 10.1 Å². The number of hydrogen-bond donors (Lipinski definition) is 2. The molecule has 3 aromatic rings. The molecule has 2 N–H and O–H groups in total. The van der Waals surface area contributed by atoms with E-state index in [1.165, 1.54) is 20.7 Å². The molecule has 0 atom stereocenters. The summed E-state index contributed by atoms with van der Waals surface area (Å²) < 4.78 is 14.9. The Hall–Kier alpha value is -2.31. The smallest absolute Gasteiger partial charge is 0.279 e. The largest absolute Gasteiger partial charge is 0.327 e. The third-order valence-corrected chi connectivity index (χ3v) is 6.11. The van der Waals surface area contributed by atoms with E-state index in [2.05, 4.69) is 17.4 Å². The highest BCUT2D eigenvalue weighted by Crippen LogP contribution is 2.31. The zero-order valence-corrected chi connectivity index (χ0v) is 15.2. The lowest BCUT2D eigenvalue weighted by atomic mass is 9.97. The number of rotatable bonds is 4. The van der Waals surface area contributed by atoms with Crippen LogP contribution in [0.5, 0.6) is 0 Å². The Morgan fingerprint density at radius 1 is 1.15 bits per heavy atom. The van der Waals surface area contributed by atoms with Crippen LogP contribution >= 0.6 is 11.3 Å². The Balaban J connectivity index is 1.32. The number of fused-ring (bicyclic) bond motifs is 1. The predicted octanol–water partition coefficient (Wildman–Crippen LogP) is 2.84. The lowest BCUT2D eigenvalue weighted by Crippen LogP contribution is -3.14. The number of piperidine rings is 1. The lowest BCUT2D eigenvalue weighted by molar-refractivity contribution is -0.897. The van der Waals surface area contributed by atoms with Crippen molar-refractivity contribution in [3.05, 3.63) is 59.4 Å². The molecule has 0 aliphatic carbocycles. The minimum Gasteiger partial charge on any atom is -0.327 e. The summed E-state index contributed by atoms with van der Waals surface area (Å²) in [5.41, 5.74) is 1.33. The van der Waals surface area contributed by atoms with Crippen molar-refractivity contribution in [2.45, 2.75) is 18.8 Å². The molecular formula is C20H21FN3OS+. The molecule has 2 aromatic carbocycles. The van der Waals surface area contributed by atoms with E-state index in [9.17, 15) is 9.18 Å². The van der Waals surface area contributed by atoms with E-state index >= 15 is 0 Å². The first-order chi connectivity index (χ1) is 12.7. The van der Waals surface area contributed by atoms with Crippen LogP contribution in [0.15, 0.2) is 48.5 Å². The number of amides is 1. The van der Waals surface area contributed by atoms with Gasteiger partial charge in [0.25, 0.3) is 5.91 Å². The summed E-state index contributed by atoms with van der Waals surface area (Å²) in [5, 5.41) is 3.88. The molecule has 1 aliphatic heterocycles. The number of quaternary nitrogens is 1. The number of nitrogens with zero attached hydrogens (tertiary/aromatic N) is 1. The Morgan fingerprint density at radius 2 is 1.88 bits per heavy atom. The summed E-state index contributed by atoms with van der Waals surface area (Å²) >= 11 is 1.78. The van der Waals surface area contributed by atoms with Gasteiger partial charge in [-0.2, -0.15) is 0 Å². The van der Waals surface area contributed by atoms with Crippen molar-refractivity contribution in [2.24, 2.45) is 0 Å². The van der Waals surface area contributed by atoms with Gasteiger partial charge in [0, 0.05) is 18.8 Å². The molecule has 4 rings (SSSR count). The number of halogens is 1. The number of anilines is 1. The van der Waals surface area contributed by atoms with Gasteiger partial charge in [0.05, 0.1) is 34.0 Å². The molecule has 1 aliphatic rings. The second-order valence-corrected chi connectivity index (χ2v) is 7.81. The maximum Gasteiger partial charge on any atom is 0.279 e.